The van der Waals surface area contributed by atoms with Gasteiger partial charge in [-0.1, -0.05) is 29.3 Å². The molecular formula is C18H19NO4. The van der Waals surface area contributed by atoms with Gasteiger partial charge >= 0.3 is 5.97 Å². The molecule has 0 bridgehead atoms. The fourth-order valence-corrected chi connectivity index (χ4v) is 1.97. The van der Waals surface area contributed by atoms with E-state index in [4.69, 9.17) is 4.74 Å². The van der Waals surface area contributed by atoms with Crippen LogP contribution in [0.15, 0.2) is 42.5 Å². The van der Waals surface area contributed by atoms with Gasteiger partial charge in [-0.2, -0.15) is 0 Å². The Morgan fingerprint density at radius 2 is 1.65 bits per heavy atom. The molecule has 2 aromatic carbocycles. The number of ether oxygens (including phenoxy) is 1. The van der Waals surface area contributed by atoms with Gasteiger partial charge in [-0.3, -0.25) is 4.79 Å². The van der Waals surface area contributed by atoms with Crippen LogP contribution < -0.4 is 5.32 Å². The molecule has 2 rings (SSSR count). The number of amides is 1. The minimum Gasteiger partial charge on any atom is -0.507 e. The topological polar surface area (TPSA) is 75.6 Å². The van der Waals surface area contributed by atoms with E-state index in [1.54, 1.807) is 25.1 Å². The monoisotopic (exact) mass is 313 g/mol. The molecule has 0 fully saturated rings. The van der Waals surface area contributed by atoms with Gasteiger partial charge in [-0.05, 0) is 45.0 Å². The molecule has 120 valence electrons. The Kier molecular flexibility index (Phi) is 5.01. The lowest BCUT2D eigenvalue weighted by Crippen LogP contribution is -2.30. The van der Waals surface area contributed by atoms with Crippen LogP contribution in [0.25, 0.3) is 0 Å². The summed E-state index contributed by atoms with van der Waals surface area (Å²) in [6.07, 6.45) is -0.983. The molecule has 0 spiro atoms. The molecule has 2 aromatic rings. The van der Waals surface area contributed by atoms with Gasteiger partial charge in [0.25, 0.3) is 5.91 Å². The first-order chi connectivity index (χ1) is 10.9. The third-order valence-electron chi connectivity index (χ3n) is 3.34. The molecule has 2 N–H and O–H groups in total. The highest BCUT2D eigenvalue weighted by molar-refractivity contribution is 5.98. The van der Waals surface area contributed by atoms with Gasteiger partial charge in [0, 0.05) is 5.69 Å². The van der Waals surface area contributed by atoms with E-state index in [0.29, 0.717) is 5.69 Å². The van der Waals surface area contributed by atoms with Crippen molar-refractivity contribution >= 4 is 17.6 Å². The number of nitrogens with one attached hydrogen (secondary N) is 1. The summed E-state index contributed by atoms with van der Waals surface area (Å²) in [5.41, 5.74) is 2.56. The maximum Gasteiger partial charge on any atom is 0.342 e. The first kappa shape index (κ1) is 16.5. The van der Waals surface area contributed by atoms with Gasteiger partial charge in [0.2, 0.25) is 0 Å². The molecule has 5 heteroatoms. The van der Waals surface area contributed by atoms with Gasteiger partial charge in [-0.15, -0.1) is 0 Å². The van der Waals surface area contributed by atoms with Crippen molar-refractivity contribution in [1.29, 1.82) is 0 Å². The van der Waals surface area contributed by atoms with Gasteiger partial charge in [0.15, 0.2) is 6.10 Å². The van der Waals surface area contributed by atoms with Crippen LogP contribution in [0.4, 0.5) is 5.69 Å². The second kappa shape index (κ2) is 6.96. The zero-order valence-corrected chi connectivity index (χ0v) is 13.3. The van der Waals surface area contributed by atoms with Crippen LogP contribution in [0.5, 0.6) is 5.75 Å². The molecule has 0 aliphatic carbocycles. The van der Waals surface area contributed by atoms with Crippen molar-refractivity contribution in [2.75, 3.05) is 5.32 Å². The first-order valence-electron chi connectivity index (χ1n) is 7.25. The maximum absolute atomic E-state index is 12.1. The first-order valence-corrected chi connectivity index (χ1v) is 7.25. The molecule has 1 atom stereocenters. The number of carbonyl (C=O) groups excluding carboxylic acids is 2. The highest BCUT2D eigenvalue weighted by Crippen LogP contribution is 2.20. The Hall–Kier alpha value is -2.82. The molecule has 23 heavy (non-hydrogen) atoms. The van der Waals surface area contributed by atoms with E-state index < -0.39 is 18.0 Å². The second-order valence-electron chi connectivity index (χ2n) is 5.42. The number of hydrogen-bond donors (Lipinski definition) is 2. The van der Waals surface area contributed by atoms with Crippen molar-refractivity contribution in [2.45, 2.75) is 26.9 Å². The summed E-state index contributed by atoms with van der Waals surface area (Å²) < 4.78 is 5.12. The molecule has 0 saturated heterocycles. The number of anilines is 1. The van der Waals surface area contributed by atoms with Gasteiger partial charge in [0.05, 0.1) is 0 Å². The van der Waals surface area contributed by atoms with E-state index in [9.17, 15) is 14.7 Å². The Morgan fingerprint density at radius 3 is 2.30 bits per heavy atom. The third kappa shape index (κ3) is 4.32. The number of rotatable bonds is 4. The van der Waals surface area contributed by atoms with Crippen molar-refractivity contribution in [3.63, 3.8) is 0 Å². The molecule has 0 radical (unpaired) electrons. The number of benzene rings is 2. The summed E-state index contributed by atoms with van der Waals surface area (Å²) in [6.45, 7) is 5.22. The standard InChI is InChI=1S/C18H19NO4/c1-11-4-7-14(8-5-11)19-17(21)13(3)23-18(22)15-10-12(2)6-9-16(15)20/h4-10,13,20H,1-3H3,(H,19,21)/t13-/m1/s1. The molecule has 0 aromatic heterocycles. The lowest BCUT2D eigenvalue weighted by molar-refractivity contribution is -0.123. The van der Waals surface area contributed by atoms with Crippen molar-refractivity contribution in [3.8, 4) is 5.75 Å². The second-order valence-corrected chi connectivity index (χ2v) is 5.42. The highest BCUT2D eigenvalue weighted by atomic mass is 16.5. The minimum absolute atomic E-state index is 0.0417. The normalized spacial score (nSPS) is 11.6. The Bertz CT molecular complexity index is 722. The van der Waals surface area contributed by atoms with E-state index in [1.165, 1.54) is 19.1 Å². The Morgan fingerprint density at radius 1 is 1.04 bits per heavy atom. The van der Waals surface area contributed by atoms with Crippen LogP contribution in [0.3, 0.4) is 0 Å². The quantitative estimate of drug-likeness (QED) is 0.850. The average molecular weight is 313 g/mol. The zero-order valence-electron chi connectivity index (χ0n) is 13.3. The predicted octanol–water partition coefficient (Wildman–Crippen LogP) is 3.19. The maximum atomic E-state index is 12.1. The molecule has 0 aliphatic rings. The van der Waals surface area contributed by atoms with Crippen LogP contribution in [-0.4, -0.2) is 23.1 Å². The predicted molar refractivity (Wildman–Crippen MR) is 87.5 cm³/mol. The Labute approximate surface area is 134 Å². The number of esters is 1. The van der Waals surface area contributed by atoms with E-state index >= 15 is 0 Å². The highest BCUT2D eigenvalue weighted by Gasteiger charge is 2.21. The van der Waals surface area contributed by atoms with Gasteiger partial charge in [-0.25, -0.2) is 4.79 Å². The van der Waals surface area contributed by atoms with Crippen molar-refractivity contribution < 1.29 is 19.4 Å². The SMILES string of the molecule is Cc1ccc(NC(=O)[C@@H](C)OC(=O)c2cc(C)ccc2O)cc1. The molecule has 0 aliphatic heterocycles. The van der Waals surface area contributed by atoms with Gasteiger partial charge in [0.1, 0.15) is 11.3 Å². The fourth-order valence-electron chi connectivity index (χ4n) is 1.97. The van der Waals surface area contributed by atoms with Crippen molar-refractivity contribution in [1.82, 2.24) is 0 Å². The third-order valence-corrected chi connectivity index (χ3v) is 3.34. The summed E-state index contributed by atoms with van der Waals surface area (Å²) in [7, 11) is 0. The number of phenols is 1. The van der Waals surface area contributed by atoms with Crippen LogP contribution in [0.1, 0.15) is 28.4 Å². The largest absolute Gasteiger partial charge is 0.507 e. The lowest BCUT2D eigenvalue weighted by atomic mass is 10.1. The summed E-state index contributed by atoms with van der Waals surface area (Å²) in [6, 6.07) is 11.9. The fraction of sp³-hybridized carbons (Fsp3) is 0.222. The lowest BCUT2D eigenvalue weighted by Gasteiger charge is -2.14. The van der Waals surface area contributed by atoms with Crippen molar-refractivity contribution in [2.24, 2.45) is 0 Å². The molecule has 0 heterocycles. The van der Waals surface area contributed by atoms with Crippen LogP contribution in [-0.2, 0) is 9.53 Å². The van der Waals surface area contributed by atoms with Gasteiger partial charge < -0.3 is 15.2 Å². The molecule has 0 unspecified atom stereocenters. The van der Waals surface area contributed by atoms with E-state index in [2.05, 4.69) is 5.32 Å². The summed E-state index contributed by atoms with van der Waals surface area (Å²) in [5, 5.41) is 12.4. The number of hydrogen-bond acceptors (Lipinski definition) is 4. The number of phenolic OH excluding ortho intramolecular Hbond substituents is 1. The molecule has 0 saturated carbocycles. The Balaban J connectivity index is 2.01. The summed E-state index contributed by atoms with van der Waals surface area (Å²) in [4.78, 5) is 24.1. The van der Waals surface area contributed by atoms with E-state index in [-0.39, 0.29) is 11.3 Å². The number of aromatic hydroxyl groups is 1. The van der Waals surface area contributed by atoms with Crippen molar-refractivity contribution in [3.05, 3.63) is 59.2 Å². The van der Waals surface area contributed by atoms with Crippen LogP contribution in [0.2, 0.25) is 0 Å². The molecule has 5 nitrogen and oxygen atoms in total. The summed E-state index contributed by atoms with van der Waals surface area (Å²) >= 11 is 0. The number of carbonyl (C=O) groups is 2. The van der Waals surface area contributed by atoms with Crippen LogP contribution in [0, 0.1) is 13.8 Å². The molecule has 1 amide bonds. The van der Waals surface area contributed by atoms with E-state index in [1.807, 2.05) is 19.1 Å². The van der Waals surface area contributed by atoms with E-state index in [0.717, 1.165) is 11.1 Å². The number of aryl methyl sites for hydroxylation is 2. The van der Waals surface area contributed by atoms with Crippen LogP contribution >= 0.6 is 0 Å². The minimum atomic E-state index is -0.983. The smallest absolute Gasteiger partial charge is 0.342 e. The average Bonchev–Trinajstić information content (AvgIpc) is 2.51. The zero-order chi connectivity index (χ0) is 17.0. The summed E-state index contributed by atoms with van der Waals surface area (Å²) in [5.74, 6) is -1.35. The molecular weight excluding hydrogens is 294 g/mol.